The standard InChI is InChI=1S/C7H9N.C3H9NS/c1-8-7-5-3-2-4-6-7;1-2-3-4-5/h2-6,8H,1H3;4-5H,2-3H2,1H3. The first-order valence-corrected chi connectivity index (χ1v) is 4.89. The van der Waals surface area contributed by atoms with E-state index in [1.165, 1.54) is 0 Å². The number of hydrogen-bond donors (Lipinski definition) is 3. The van der Waals surface area contributed by atoms with Crippen LogP contribution in [0.4, 0.5) is 5.69 Å². The van der Waals surface area contributed by atoms with E-state index in [4.69, 9.17) is 0 Å². The van der Waals surface area contributed by atoms with Gasteiger partial charge in [0.2, 0.25) is 0 Å². The maximum atomic E-state index is 3.75. The first-order valence-electron chi connectivity index (χ1n) is 4.44. The van der Waals surface area contributed by atoms with Gasteiger partial charge in [0.25, 0.3) is 0 Å². The lowest BCUT2D eigenvalue weighted by Crippen LogP contribution is -1.96. The van der Waals surface area contributed by atoms with Gasteiger partial charge in [-0.25, -0.2) is 0 Å². The summed E-state index contributed by atoms with van der Waals surface area (Å²) >= 11 is 3.75. The fraction of sp³-hybridized carbons (Fsp3) is 0.400. The summed E-state index contributed by atoms with van der Waals surface area (Å²) in [5.41, 5.74) is 1.16. The van der Waals surface area contributed by atoms with Crippen LogP contribution in [0.3, 0.4) is 0 Å². The Hall–Kier alpha value is -0.670. The van der Waals surface area contributed by atoms with Crippen LogP contribution in [-0.4, -0.2) is 13.6 Å². The van der Waals surface area contributed by atoms with E-state index < -0.39 is 0 Å². The van der Waals surface area contributed by atoms with Crippen LogP contribution in [0.15, 0.2) is 30.3 Å². The normalized spacial score (nSPS) is 8.54. The van der Waals surface area contributed by atoms with Crippen molar-refractivity contribution in [3.63, 3.8) is 0 Å². The van der Waals surface area contributed by atoms with Gasteiger partial charge in [-0.3, -0.25) is 4.72 Å². The van der Waals surface area contributed by atoms with E-state index in [-0.39, 0.29) is 0 Å². The molecule has 3 heteroatoms. The van der Waals surface area contributed by atoms with Crippen LogP contribution < -0.4 is 10.0 Å². The van der Waals surface area contributed by atoms with Crippen molar-refractivity contribution >= 4 is 18.5 Å². The van der Waals surface area contributed by atoms with Gasteiger partial charge in [0.15, 0.2) is 0 Å². The zero-order chi connectivity index (χ0) is 9.94. The van der Waals surface area contributed by atoms with Crippen LogP contribution in [0.5, 0.6) is 0 Å². The average Bonchev–Trinajstić information content (AvgIpc) is 2.21. The Morgan fingerprint density at radius 2 is 1.85 bits per heavy atom. The van der Waals surface area contributed by atoms with Crippen molar-refractivity contribution < 1.29 is 0 Å². The van der Waals surface area contributed by atoms with E-state index >= 15 is 0 Å². The van der Waals surface area contributed by atoms with Crippen molar-refractivity contribution in [2.45, 2.75) is 13.3 Å². The molecule has 0 radical (unpaired) electrons. The van der Waals surface area contributed by atoms with Crippen molar-refractivity contribution in [1.29, 1.82) is 0 Å². The minimum atomic E-state index is 1.00. The summed E-state index contributed by atoms with van der Waals surface area (Å²) in [4.78, 5) is 0. The fourth-order valence-corrected chi connectivity index (χ4v) is 0.940. The van der Waals surface area contributed by atoms with E-state index in [1.807, 2.05) is 37.4 Å². The average molecular weight is 198 g/mol. The number of thiol groups is 1. The Morgan fingerprint density at radius 3 is 2.08 bits per heavy atom. The first kappa shape index (κ1) is 12.3. The third-order valence-corrected chi connectivity index (χ3v) is 1.65. The molecule has 0 saturated heterocycles. The third-order valence-electron chi connectivity index (χ3n) is 1.42. The lowest BCUT2D eigenvalue weighted by molar-refractivity contribution is 0.882. The van der Waals surface area contributed by atoms with E-state index in [1.54, 1.807) is 0 Å². The molecule has 0 aliphatic carbocycles. The fourth-order valence-electron chi connectivity index (χ4n) is 0.717. The van der Waals surface area contributed by atoms with Crippen LogP contribution >= 0.6 is 12.8 Å². The van der Waals surface area contributed by atoms with Gasteiger partial charge in [0, 0.05) is 19.3 Å². The molecule has 0 atom stereocenters. The molecule has 0 unspecified atom stereocenters. The van der Waals surface area contributed by atoms with E-state index in [2.05, 4.69) is 29.8 Å². The molecule has 13 heavy (non-hydrogen) atoms. The highest BCUT2D eigenvalue weighted by Crippen LogP contribution is 2.01. The molecule has 0 bridgehead atoms. The zero-order valence-electron chi connectivity index (χ0n) is 8.25. The number of para-hydroxylation sites is 1. The van der Waals surface area contributed by atoms with Gasteiger partial charge in [-0.1, -0.05) is 37.9 Å². The second-order valence-electron chi connectivity index (χ2n) is 2.52. The third kappa shape index (κ3) is 7.68. The SMILES string of the molecule is CCCNS.CNc1ccccc1. The molecule has 2 N–H and O–H groups in total. The molecular formula is C10H18N2S. The number of nitrogens with one attached hydrogen (secondary N) is 2. The molecule has 0 aromatic heterocycles. The zero-order valence-corrected chi connectivity index (χ0v) is 9.14. The molecule has 0 amide bonds. The highest BCUT2D eigenvalue weighted by molar-refractivity contribution is 7.78. The monoisotopic (exact) mass is 198 g/mol. The van der Waals surface area contributed by atoms with Crippen LogP contribution in [0.2, 0.25) is 0 Å². The van der Waals surface area contributed by atoms with E-state index in [0.717, 1.165) is 18.7 Å². The van der Waals surface area contributed by atoms with Crippen molar-refractivity contribution in [1.82, 2.24) is 4.72 Å². The maximum absolute atomic E-state index is 3.75. The molecule has 0 aliphatic heterocycles. The van der Waals surface area contributed by atoms with Gasteiger partial charge >= 0.3 is 0 Å². The Morgan fingerprint density at radius 1 is 1.23 bits per heavy atom. The molecule has 0 spiro atoms. The van der Waals surface area contributed by atoms with Gasteiger partial charge < -0.3 is 5.32 Å². The van der Waals surface area contributed by atoms with Crippen LogP contribution in [0.25, 0.3) is 0 Å². The molecule has 1 rings (SSSR count). The predicted molar refractivity (Wildman–Crippen MR) is 63.3 cm³/mol. The van der Waals surface area contributed by atoms with Crippen molar-refractivity contribution in [2.75, 3.05) is 18.9 Å². The Kier molecular flexibility index (Phi) is 8.93. The molecule has 0 fully saturated rings. The van der Waals surface area contributed by atoms with Crippen molar-refractivity contribution in [3.05, 3.63) is 30.3 Å². The van der Waals surface area contributed by atoms with Gasteiger partial charge in [-0.2, -0.15) is 0 Å². The molecule has 0 aliphatic rings. The second-order valence-corrected chi connectivity index (χ2v) is 2.84. The summed E-state index contributed by atoms with van der Waals surface area (Å²) in [5, 5.41) is 3.03. The van der Waals surface area contributed by atoms with Gasteiger partial charge in [-0.15, -0.1) is 0 Å². The second kappa shape index (κ2) is 9.42. The number of rotatable bonds is 3. The summed E-state index contributed by atoms with van der Waals surface area (Å²) in [5.74, 6) is 0. The highest BCUT2D eigenvalue weighted by Gasteiger charge is 1.77. The minimum absolute atomic E-state index is 1.00. The lowest BCUT2D eigenvalue weighted by Gasteiger charge is -1.94. The predicted octanol–water partition coefficient (Wildman–Crippen LogP) is 2.56. The summed E-state index contributed by atoms with van der Waals surface area (Å²) < 4.78 is 2.71. The molecule has 1 aromatic rings. The molecule has 0 saturated carbocycles. The highest BCUT2D eigenvalue weighted by atomic mass is 32.1. The smallest absolute Gasteiger partial charge is 0.0337 e. The lowest BCUT2D eigenvalue weighted by atomic mass is 10.3. The molecule has 2 nitrogen and oxygen atoms in total. The van der Waals surface area contributed by atoms with Gasteiger partial charge in [0.05, 0.1) is 0 Å². The quantitative estimate of drug-likeness (QED) is 0.650. The minimum Gasteiger partial charge on any atom is -0.388 e. The Bertz CT molecular complexity index is 187. The maximum Gasteiger partial charge on any atom is 0.0337 e. The van der Waals surface area contributed by atoms with Gasteiger partial charge in [-0.05, 0) is 18.6 Å². The Balaban J connectivity index is 0.000000252. The largest absolute Gasteiger partial charge is 0.388 e. The number of anilines is 1. The van der Waals surface area contributed by atoms with Gasteiger partial charge in [0.1, 0.15) is 0 Å². The summed E-state index contributed by atoms with van der Waals surface area (Å²) in [7, 11) is 1.91. The van der Waals surface area contributed by atoms with Crippen molar-refractivity contribution in [2.24, 2.45) is 0 Å². The molecule has 1 aromatic carbocycles. The molecular weight excluding hydrogens is 180 g/mol. The van der Waals surface area contributed by atoms with Crippen molar-refractivity contribution in [3.8, 4) is 0 Å². The number of benzene rings is 1. The topological polar surface area (TPSA) is 24.1 Å². The number of hydrogen-bond acceptors (Lipinski definition) is 3. The van der Waals surface area contributed by atoms with Crippen LogP contribution in [0, 0.1) is 0 Å². The first-order chi connectivity index (χ1) is 6.35. The van der Waals surface area contributed by atoms with Crippen LogP contribution in [0.1, 0.15) is 13.3 Å². The summed E-state index contributed by atoms with van der Waals surface area (Å²) in [6, 6.07) is 10.1. The Labute approximate surface area is 86.3 Å². The molecule has 0 heterocycles. The van der Waals surface area contributed by atoms with E-state index in [0.29, 0.717) is 0 Å². The molecule has 74 valence electrons. The van der Waals surface area contributed by atoms with E-state index in [9.17, 15) is 0 Å². The summed E-state index contributed by atoms with van der Waals surface area (Å²) in [6.07, 6.45) is 1.16. The summed E-state index contributed by atoms with van der Waals surface area (Å²) in [6.45, 7) is 3.10. The van der Waals surface area contributed by atoms with Crippen LogP contribution in [-0.2, 0) is 0 Å².